The van der Waals surface area contributed by atoms with Crippen LogP contribution in [0, 0.1) is 6.92 Å². The molecule has 0 aliphatic heterocycles. The number of tetrazole rings is 1. The first kappa shape index (κ1) is 17.0. The van der Waals surface area contributed by atoms with E-state index >= 15 is 0 Å². The van der Waals surface area contributed by atoms with Crippen LogP contribution in [0.15, 0.2) is 29.6 Å². The Morgan fingerprint density at radius 3 is 2.96 bits per heavy atom. The van der Waals surface area contributed by atoms with E-state index in [1.807, 2.05) is 36.6 Å². The first-order valence-electron chi connectivity index (χ1n) is 7.99. The molecule has 0 radical (unpaired) electrons. The maximum absolute atomic E-state index is 12.0. The van der Waals surface area contributed by atoms with Gasteiger partial charge in [-0.3, -0.25) is 0 Å². The van der Waals surface area contributed by atoms with Gasteiger partial charge in [0.05, 0.1) is 16.4 Å². The van der Waals surface area contributed by atoms with Gasteiger partial charge in [-0.05, 0) is 42.0 Å². The minimum atomic E-state index is -0.253. The topological polar surface area (TPSA) is 97.6 Å². The number of aromatic nitrogens is 5. The lowest BCUT2D eigenvalue weighted by Crippen LogP contribution is -2.30. The highest BCUT2D eigenvalue weighted by Gasteiger charge is 2.07. The predicted octanol–water partition coefficient (Wildman–Crippen LogP) is 2.35. The number of rotatable bonds is 6. The highest BCUT2D eigenvalue weighted by Crippen LogP contribution is 2.14. The predicted molar refractivity (Wildman–Crippen MR) is 96.1 cm³/mol. The quantitative estimate of drug-likeness (QED) is 0.706. The van der Waals surface area contributed by atoms with Crippen LogP contribution in [0.3, 0.4) is 0 Å². The van der Waals surface area contributed by atoms with Crippen LogP contribution >= 0.6 is 11.3 Å². The molecule has 3 rings (SSSR count). The highest BCUT2D eigenvalue weighted by molar-refractivity contribution is 7.09. The van der Waals surface area contributed by atoms with E-state index in [0.717, 1.165) is 22.8 Å². The van der Waals surface area contributed by atoms with E-state index in [2.05, 4.69) is 38.1 Å². The number of aryl methyl sites for hydroxylation is 2. The van der Waals surface area contributed by atoms with Crippen LogP contribution in [-0.2, 0) is 12.8 Å². The van der Waals surface area contributed by atoms with E-state index in [1.165, 1.54) is 0 Å². The lowest BCUT2D eigenvalue weighted by atomic mass is 10.3. The van der Waals surface area contributed by atoms with Gasteiger partial charge < -0.3 is 10.6 Å². The van der Waals surface area contributed by atoms with Crippen LogP contribution in [0.1, 0.15) is 23.4 Å². The van der Waals surface area contributed by atoms with Crippen LogP contribution in [0.25, 0.3) is 5.69 Å². The number of nitrogens with zero attached hydrogens (tertiary/aromatic N) is 5. The summed E-state index contributed by atoms with van der Waals surface area (Å²) >= 11 is 1.65. The molecule has 0 unspecified atom stereocenters. The first-order valence-corrected chi connectivity index (χ1v) is 8.87. The molecule has 2 amide bonds. The number of amides is 2. The molecule has 3 aromatic rings. The molecule has 130 valence electrons. The van der Waals surface area contributed by atoms with Crippen molar-refractivity contribution >= 4 is 23.1 Å². The van der Waals surface area contributed by atoms with Crippen molar-refractivity contribution in [2.45, 2.75) is 26.7 Å². The summed E-state index contributed by atoms with van der Waals surface area (Å²) in [5.74, 6) is 0.677. The number of urea groups is 1. The molecule has 0 aliphatic carbocycles. The zero-order chi connectivity index (χ0) is 17.6. The molecule has 1 aromatic carbocycles. The third-order valence-corrected chi connectivity index (χ3v) is 4.58. The zero-order valence-electron chi connectivity index (χ0n) is 14.1. The SMILES string of the molecule is CCc1nc(CCNC(=O)Nc2cccc(-n3nnnc3C)c2)cs1. The molecular formula is C16H19N7OS. The second kappa shape index (κ2) is 7.84. The summed E-state index contributed by atoms with van der Waals surface area (Å²) < 4.78 is 1.61. The average Bonchev–Trinajstić information content (AvgIpc) is 3.24. The molecule has 2 N–H and O–H groups in total. The molecule has 0 spiro atoms. The molecule has 0 saturated carbocycles. The first-order chi connectivity index (χ1) is 12.2. The van der Waals surface area contributed by atoms with Gasteiger partial charge in [0.15, 0.2) is 5.82 Å². The van der Waals surface area contributed by atoms with Gasteiger partial charge in [-0.25, -0.2) is 9.78 Å². The monoisotopic (exact) mass is 357 g/mol. The number of anilines is 1. The van der Waals surface area contributed by atoms with Crippen molar-refractivity contribution < 1.29 is 4.79 Å². The van der Waals surface area contributed by atoms with E-state index in [1.54, 1.807) is 16.0 Å². The Kier molecular flexibility index (Phi) is 5.34. The Balaban J connectivity index is 1.53. The van der Waals surface area contributed by atoms with Crippen molar-refractivity contribution in [1.29, 1.82) is 0 Å². The molecule has 0 fully saturated rings. The van der Waals surface area contributed by atoms with Crippen molar-refractivity contribution in [3.05, 3.63) is 46.2 Å². The van der Waals surface area contributed by atoms with Crippen LogP contribution in [0.5, 0.6) is 0 Å². The van der Waals surface area contributed by atoms with Crippen LogP contribution in [0.2, 0.25) is 0 Å². The zero-order valence-corrected chi connectivity index (χ0v) is 14.9. The average molecular weight is 357 g/mol. The summed E-state index contributed by atoms with van der Waals surface area (Å²) in [6.07, 6.45) is 1.66. The van der Waals surface area contributed by atoms with Crippen molar-refractivity contribution in [1.82, 2.24) is 30.5 Å². The van der Waals surface area contributed by atoms with E-state index in [4.69, 9.17) is 0 Å². The van der Waals surface area contributed by atoms with Crippen LogP contribution in [-0.4, -0.2) is 37.8 Å². The molecule has 8 nitrogen and oxygen atoms in total. The molecule has 0 saturated heterocycles. The minimum absolute atomic E-state index is 0.253. The maximum atomic E-state index is 12.0. The van der Waals surface area contributed by atoms with E-state index in [0.29, 0.717) is 24.5 Å². The smallest absolute Gasteiger partial charge is 0.319 e. The van der Waals surface area contributed by atoms with E-state index < -0.39 is 0 Å². The molecule has 0 aliphatic rings. The lowest BCUT2D eigenvalue weighted by Gasteiger charge is -2.09. The molecular weight excluding hydrogens is 338 g/mol. The van der Waals surface area contributed by atoms with Gasteiger partial charge in [0.1, 0.15) is 0 Å². The van der Waals surface area contributed by atoms with Crippen LogP contribution < -0.4 is 10.6 Å². The number of hydrogen-bond donors (Lipinski definition) is 2. The third-order valence-electron chi connectivity index (χ3n) is 3.54. The number of carbonyl (C=O) groups excluding carboxylic acids is 1. The van der Waals surface area contributed by atoms with Crippen LogP contribution in [0.4, 0.5) is 10.5 Å². The number of hydrogen-bond acceptors (Lipinski definition) is 6. The van der Waals surface area contributed by atoms with Crippen molar-refractivity contribution in [2.24, 2.45) is 0 Å². The molecule has 2 aromatic heterocycles. The molecule has 25 heavy (non-hydrogen) atoms. The largest absolute Gasteiger partial charge is 0.337 e. The molecule has 2 heterocycles. The maximum Gasteiger partial charge on any atom is 0.319 e. The van der Waals surface area contributed by atoms with Gasteiger partial charge in [-0.2, -0.15) is 4.68 Å². The summed E-state index contributed by atoms with van der Waals surface area (Å²) in [6.45, 7) is 4.43. The van der Waals surface area contributed by atoms with Crippen molar-refractivity contribution in [3.8, 4) is 5.69 Å². The number of benzene rings is 1. The van der Waals surface area contributed by atoms with Gasteiger partial charge in [0, 0.05) is 24.0 Å². The fourth-order valence-electron chi connectivity index (χ4n) is 2.29. The Labute approximate surface area is 149 Å². The number of thiazole rings is 1. The fraction of sp³-hybridized carbons (Fsp3) is 0.312. The van der Waals surface area contributed by atoms with Gasteiger partial charge >= 0.3 is 6.03 Å². The summed E-state index contributed by atoms with van der Waals surface area (Å²) in [7, 11) is 0. The van der Waals surface area contributed by atoms with E-state index in [-0.39, 0.29) is 6.03 Å². The lowest BCUT2D eigenvalue weighted by molar-refractivity contribution is 0.252. The van der Waals surface area contributed by atoms with Crippen molar-refractivity contribution in [3.63, 3.8) is 0 Å². The summed E-state index contributed by atoms with van der Waals surface area (Å²) in [4.78, 5) is 16.5. The Bertz CT molecular complexity index is 858. The van der Waals surface area contributed by atoms with Gasteiger partial charge in [0.25, 0.3) is 0 Å². The Morgan fingerprint density at radius 1 is 1.36 bits per heavy atom. The molecule has 0 atom stereocenters. The molecule has 0 bridgehead atoms. The Morgan fingerprint density at radius 2 is 2.24 bits per heavy atom. The summed E-state index contributed by atoms with van der Waals surface area (Å²) in [5.41, 5.74) is 2.47. The normalized spacial score (nSPS) is 10.6. The van der Waals surface area contributed by atoms with Gasteiger partial charge in [-0.1, -0.05) is 13.0 Å². The fourth-order valence-corrected chi connectivity index (χ4v) is 3.07. The summed E-state index contributed by atoms with van der Waals surface area (Å²) in [5, 5.41) is 20.2. The van der Waals surface area contributed by atoms with E-state index in [9.17, 15) is 4.79 Å². The second-order valence-electron chi connectivity index (χ2n) is 5.41. The van der Waals surface area contributed by atoms with Crippen molar-refractivity contribution in [2.75, 3.05) is 11.9 Å². The number of carbonyl (C=O) groups is 1. The third kappa shape index (κ3) is 4.38. The van der Waals surface area contributed by atoms with Gasteiger partial charge in [0.2, 0.25) is 0 Å². The van der Waals surface area contributed by atoms with Gasteiger partial charge in [-0.15, -0.1) is 16.4 Å². The standard InChI is InChI=1S/C16H19N7OS/c1-3-15-18-13(10-25-15)7-8-17-16(24)19-12-5-4-6-14(9-12)23-11(2)20-21-22-23/h4-6,9-10H,3,7-8H2,1-2H3,(H2,17,19,24). The Hall–Kier alpha value is -2.81. The highest BCUT2D eigenvalue weighted by atomic mass is 32.1. The minimum Gasteiger partial charge on any atom is -0.337 e. The molecule has 9 heteroatoms. The summed E-state index contributed by atoms with van der Waals surface area (Å²) in [6, 6.07) is 7.10. The number of nitrogens with one attached hydrogen (secondary N) is 2. The second-order valence-corrected chi connectivity index (χ2v) is 6.35.